The van der Waals surface area contributed by atoms with Crippen LogP contribution < -0.4 is 10.2 Å². The van der Waals surface area contributed by atoms with Crippen LogP contribution >= 0.6 is 0 Å². The van der Waals surface area contributed by atoms with E-state index in [2.05, 4.69) is 0 Å². The molecule has 0 radical (unpaired) electrons. The van der Waals surface area contributed by atoms with Crippen LogP contribution in [0.15, 0.2) is 24.3 Å². The second-order valence-corrected chi connectivity index (χ2v) is 5.57. The maximum Gasteiger partial charge on any atom is 0.0715 e. The van der Waals surface area contributed by atoms with Gasteiger partial charge in [-0.2, -0.15) is 0 Å². The number of benzene rings is 1. The first kappa shape index (κ1) is 19.8. The summed E-state index contributed by atoms with van der Waals surface area (Å²) in [5.41, 5.74) is -0.111. The largest absolute Gasteiger partial charge is 0.545 e. The zero-order valence-corrected chi connectivity index (χ0v) is 14.0. The van der Waals surface area contributed by atoms with E-state index in [-0.39, 0.29) is 11.1 Å². The molecule has 0 spiro atoms. The van der Waals surface area contributed by atoms with Gasteiger partial charge in [0, 0.05) is 0 Å². The quantitative estimate of drug-likeness (QED) is 0.689. The summed E-state index contributed by atoms with van der Waals surface area (Å²) < 4.78 is 10.5. The van der Waals surface area contributed by atoms with Gasteiger partial charge in [-0.1, -0.05) is 24.3 Å². The van der Waals surface area contributed by atoms with Crippen molar-refractivity contribution in [2.45, 2.75) is 39.9 Å². The Balaban J connectivity index is 0.000000400. The topological polar surface area (TPSA) is 98.7 Å². The molecule has 0 aliphatic rings. The molecule has 0 bridgehead atoms. The van der Waals surface area contributed by atoms with Crippen molar-refractivity contribution < 1.29 is 46.4 Å². The number of carboxylic acid groups (broad SMARTS) is 2. The molecule has 114 valence electrons. The van der Waals surface area contributed by atoms with Crippen LogP contribution in [-0.4, -0.2) is 24.1 Å². The van der Waals surface area contributed by atoms with Gasteiger partial charge in [0.25, 0.3) is 0 Å². The van der Waals surface area contributed by atoms with E-state index < -0.39 is 31.9 Å². The van der Waals surface area contributed by atoms with Crippen LogP contribution in [0.5, 0.6) is 0 Å². The van der Waals surface area contributed by atoms with Crippen LogP contribution in [0.1, 0.15) is 48.4 Å². The molecule has 0 aliphatic carbocycles. The molecule has 0 aliphatic heterocycles. The van der Waals surface area contributed by atoms with Crippen LogP contribution in [-0.2, 0) is 26.6 Å². The molecular weight excluding hydrogens is 312 g/mol. The van der Waals surface area contributed by atoms with E-state index in [1.54, 1.807) is 0 Å². The first-order valence-electron chi connectivity index (χ1n) is 6.33. The fourth-order valence-electron chi connectivity index (χ4n) is 0.963. The normalized spacial score (nSPS) is 9.81. The standard InChI is InChI=1S/C8H6O4.2C3H7O.Ti/c9-7(10)5-1-2-6(4-3-5)8(11)12;2*1-3(2)4;/h1-4H,(H,9,10)(H,11,12);2*3H,1-2H3;/q;2*-1;+4/p-2. The molecule has 0 amide bonds. The Morgan fingerprint density at radius 2 is 1.14 bits per heavy atom. The second kappa shape index (κ2) is 10.5. The van der Waals surface area contributed by atoms with Gasteiger partial charge < -0.3 is 19.8 Å². The monoisotopic (exact) mass is 330 g/mol. The van der Waals surface area contributed by atoms with Crippen molar-refractivity contribution in [1.82, 2.24) is 0 Å². The predicted molar refractivity (Wildman–Crippen MR) is 67.5 cm³/mol. The molecule has 1 aromatic carbocycles. The molecular formula is C14H18O6Ti. The zero-order valence-electron chi connectivity index (χ0n) is 12.4. The van der Waals surface area contributed by atoms with Crippen molar-refractivity contribution in [1.29, 1.82) is 0 Å². The van der Waals surface area contributed by atoms with E-state index in [0.29, 0.717) is 12.2 Å². The van der Waals surface area contributed by atoms with Crippen molar-refractivity contribution in [3.8, 4) is 0 Å². The number of carbonyl (C=O) groups excluding carboxylic acids is 2. The molecule has 0 atom stereocenters. The maximum absolute atomic E-state index is 10.2. The van der Waals surface area contributed by atoms with Gasteiger partial charge in [0.05, 0.1) is 11.9 Å². The average Bonchev–Trinajstić information content (AvgIpc) is 2.38. The third-order valence-corrected chi connectivity index (χ3v) is 3.70. The molecule has 0 fully saturated rings. The van der Waals surface area contributed by atoms with E-state index in [1.165, 1.54) is 0 Å². The van der Waals surface area contributed by atoms with Crippen molar-refractivity contribution >= 4 is 11.9 Å². The van der Waals surface area contributed by atoms with Gasteiger partial charge in [0.2, 0.25) is 0 Å². The van der Waals surface area contributed by atoms with Gasteiger partial charge in [-0.05, 0) is 11.1 Å². The molecule has 1 rings (SSSR count). The number of carbonyl (C=O) groups is 2. The summed E-state index contributed by atoms with van der Waals surface area (Å²) in [6.45, 7) is 8.08. The van der Waals surface area contributed by atoms with E-state index in [0.717, 1.165) is 24.3 Å². The molecule has 7 heteroatoms. The van der Waals surface area contributed by atoms with Crippen molar-refractivity contribution in [2.75, 3.05) is 0 Å². The molecule has 0 aromatic heterocycles. The fraction of sp³-hybridized carbons (Fsp3) is 0.429. The van der Waals surface area contributed by atoms with Gasteiger partial charge in [-0.15, -0.1) is 0 Å². The van der Waals surface area contributed by atoms with Crippen LogP contribution in [0.2, 0.25) is 0 Å². The minimum atomic E-state index is -1.33. The molecule has 0 saturated carbocycles. The Hall–Kier alpha value is -1.21. The SMILES string of the molecule is CC(C)[O][Ti+2][O]C(C)C.O=C([O-])c1ccc(C(=O)[O-])cc1. The molecule has 1 aromatic rings. The Morgan fingerprint density at radius 3 is 1.33 bits per heavy atom. The smallest absolute Gasteiger partial charge is 0.0715 e. The van der Waals surface area contributed by atoms with Gasteiger partial charge in [-0.25, -0.2) is 0 Å². The molecule has 0 heterocycles. The van der Waals surface area contributed by atoms with E-state index in [4.69, 9.17) is 6.64 Å². The average molecular weight is 330 g/mol. The van der Waals surface area contributed by atoms with Gasteiger partial charge >= 0.3 is 66.5 Å². The third-order valence-electron chi connectivity index (χ3n) is 1.92. The van der Waals surface area contributed by atoms with E-state index in [9.17, 15) is 19.8 Å². The third kappa shape index (κ3) is 10.2. The summed E-state index contributed by atoms with van der Waals surface area (Å²) in [4.78, 5) is 20.4. The zero-order chi connectivity index (χ0) is 16.4. The Morgan fingerprint density at radius 1 is 0.857 bits per heavy atom. The molecule has 0 saturated heterocycles. The minimum absolute atomic E-state index is 0.0556. The summed E-state index contributed by atoms with van der Waals surface area (Å²) in [5.74, 6) is -2.67. The fourth-order valence-corrected chi connectivity index (χ4v) is 1.65. The number of hydrogen-bond donors (Lipinski definition) is 0. The van der Waals surface area contributed by atoms with Crippen LogP contribution in [0.25, 0.3) is 0 Å². The predicted octanol–water partition coefficient (Wildman–Crippen LogP) is 0.163. The minimum Gasteiger partial charge on any atom is -0.545 e. The summed E-state index contributed by atoms with van der Waals surface area (Å²) in [5, 5.41) is 20.4. The Bertz CT molecular complexity index is 400. The molecule has 6 nitrogen and oxygen atoms in total. The summed E-state index contributed by atoms with van der Waals surface area (Å²) in [7, 11) is 0. The van der Waals surface area contributed by atoms with E-state index >= 15 is 0 Å². The van der Waals surface area contributed by atoms with Crippen molar-refractivity contribution in [2.24, 2.45) is 0 Å². The molecule has 0 N–H and O–H groups in total. The Labute approximate surface area is 134 Å². The van der Waals surface area contributed by atoms with E-state index in [1.807, 2.05) is 27.7 Å². The van der Waals surface area contributed by atoms with Gasteiger partial charge in [-0.3, -0.25) is 0 Å². The van der Waals surface area contributed by atoms with Gasteiger partial charge in [0.15, 0.2) is 0 Å². The summed E-state index contributed by atoms with van der Waals surface area (Å²) in [6.07, 6.45) is 0.646. The van der Waals surface area contributed by atoms with Crippen LogP contribution in [0, 0.1) is 0 Å². The number of hydrogen-bond acceptors (Lipinski definition) is 6. The number of rotatable bonds is 6. The first-order valence-corrected chi connectivity index (χ1v) is 7.60. The summed E-state index contributed by atoms with van der Waals surface area (Å²) in [6, 6.07) is 4.61. The van der Waals surface area contributed by atoms with Crippen LogP contribution in [0.4, 0.5) is 0 Å². The first-order chi connectivity index (χ1) is 9.73. The molecule has 0 unspecified atom stereocenters. The molecule has 21 heavy (non-hydrogen) atoms. The van der Waals surface area contributed by atoms with Crippen molar-refractivity contribution in [3.63, 3.8) is 0 Å². The maximum atomic E-state index is 10.2. The van der Waals surface area contributed by atoms with Crippen LogP contribution in [0.3, 0.4) is 0 Å². The Kier molecular flexibility index (Phi) is 9.91. The second-order valence-electron chi connectivity index (χ2n) is 4.57. The number of carboxylic acids is 2. The number of aromatic carboxylic acids is 2. The summed E-state index contributed by atoms with van der Waals surface area (Å²) >= 11 is -0.574. The van der Waals surface area contributed by atoms with Gasteiger partial charge in [0.1, 0.15) is 0 Å². The van der Waals surface area contributed by atoms with Crippen molar-refractivity contribution in [3.05, 3.63) is 35.4 Å².